The highest BCUT2D eigenvalue weighted by Gasteiger charge is 2.28. The number of nitrogens with zero attached hydrogens (tertiary/aromatic N) is 4. The lowest BCUT2D eigenvalue weighted by Gasteiger charge is -2.13. The highest BCUT2D eigenvalue weighted by Crippen LogP contribution is 2.42. The maximum atomic E-state index is 12.4. The van der Waals surface area contributed by atoms with E-state index >= 15 is 0 Å². The molecule has 4 N–H and O–H groups in total. The van der Waals surface area contributed by atoms with E-state index in [1.807, 2.05) is 6.07 Å². The Morgan fingerprint density at radius 3 is 1.70 bits per heavy atom. The SMILES string of the molecule is COc1cc2nccc(Oc3ccc(N)c(Cl)c3)c2cc1OC.COc1cc2nccc(Oc3ccc(NC(=O)Nc4nnc(C5CC5)s4)c(Cl)c3)c2cc1OC. The van der Waals surface area contributed by atoms with Crippen LogP contribution in [0.5, 0.6) is 46.0 Å². The lowest BCUT2D eigenvalue weighted by molar-refractivity contribution is 0.262. The minimum Gasteiger partial charge on any atom is -0.493 e. The third-order valence-electron chi connectivity index (χ3n) is 8.62. The van der Waals surface area contributed by atoms with E-state index in [2.05, 4.69) is 30.8 Å². The van der Waals surface area contributed by atoms with Crippen LogP contribution in [0.4, 0.5) is 21.3 Å². The van der Waals surface area contributed by atoms with E-state index in [1.165, 1.54) is 11.3 Å². The molecule has 2 amide bonds. The van der Waals surface area contributed by atoms with Crippen molar-refractivity contribution in [2.75, 3.05) is 44.8 Å². The maximum Gasteiger partial charge on any atom is 0.325 e. The molecule has 1 aliphatic carbocycles. The molecular weight excluding hydrogens is 793 g/mol. The van der Waals surface area contributed by atoms with Crippen molar-refractivity contribution < 1.29 is 33.2 Å². The van der Waals surface area contributed by atoms with Crippen LogP contribution in [-0.4, -0.2) is 54.6 Å². The van der Waals surface area contributed by atoms with Crippen LogP contribution in [0.15, 0.2) is 85.2 Å². The number of methoxy groups -OCH3 is 4. The van der Waals surface area contributed by atoms with E-state index in [0.29, 0.717) is 84.0 Å². The Morgan fingerprint density at radius 2 is 1.19 bits per heavy atom. The summed E-state index contributed by atoms with van der Waals surface area (Å²) in [7, 11) is 6.31. The number of carbonyl (C=O) groups is 1. The second kappa shape index (κ2) is 17.2. The smallest absolute Gasteiger partial charge is 0.325 e. The molecule has 0 atom stereocenters. The molecule has 292 valence electrons. The third-order valence-corrected chi connectivity index (χ3v) is 10.3. The van der Waals surface area contributed by atoms with Crippen molar-refractivity contribution in [1.29, 1.82) is 0 Å². The average Bonchev–Trinajstić information content (AvgIpc) is 3.97. The second-order valence-corrected chi connectivity index (χ2v) is 14.2. The number of halogens is 2. The Bertz CT molecular complexity index is 2590. The van der Waals surface area contributed by atoms with Crippen LogP contribution in [0.1, 0.15) is 23.8 Å². The molecule has 1 fully saturated rings. The monoisotopic (exact) mass is 827 g/mol. The molecule has 0 aliphatic heterocycles. The van der Waals surface area contributed by atoms with Crippen molar-refractivity contribution in [1.82, 2.24) is 20.2 Å². The number of rotatable bonds is 11. The van der Waals surface area contributed by atoms with Crippen molar-refractivity contribution in [3.05, 3.63) is 100 Å². The van der Waals surface area contributed by atoms with Crippen molar-refractivity contribution in [3.63, 3.8) is 0 Å². The zero-order valence-electron chi connectivity index (χ0n) is 31.0. The lowest BCUT2D eigenvalue weighted by Crippen LogP contribution is -2.19. The fourth-order valence-electron chi connectivity index (χ4n) is 5.59. The summed E-state index contributed by atoms with van der Waals surface area (Å²) in [6, 6.07) is 20.4. The average molecular weight is 829 g/mol. The first-order chi connectivity index (χ1) is 27.7. The second-order valence-electron chi connectivity index (χ2n) is 12.4. The number of benzene rings is 4. The van der Waals surface area contributed by atoms with Gasteiger partial charge in [0, 0.05) is 53.3 Å². The van der Waals surface area contributed by atoms with E-state index in [0.717, 1.165) is 34.1 Å². The maximum absolute atomic E-state index is 12.4. The van der Waals surface area contributed by atoms with Gasteiger partial charge in [-0.1, -0.05) is 34.5 Å². The Hall–Kier alpha value is -6.29. The number of hydrogen-bond acceptors (Lipinski definition) is 13. The number of anilines is 3. The number of fused-ring (bicyclic) bond motifs is 2. The summed E-state index contributed by atoms with van der Waals surface area (Å²) in [5.41, 5.74) is 8.08. The van der Waals surface area contributed by atoms with Gasteiger partial charge in [-0.3, -0.25) is 15.3 Å². The van der Waals surface area contributed by atoms with Crippen molar-refractivity contribution in [3.8, 4) is 46.0 Å². The number of nitrogens with two attached hydrogens (primary N) is 1. The molecule has 0 unspecified atom stereocenters. The van der Waals surface area contributed by atoms with Gasteiger partial charge < -0.3 is 39.5 Å². The van der Waals surface area contributed by atoms with Crippen molar-refractivity contribution in [2.24, 2.45) is 0 Å². The molecule has 0 saturated heterocycles. The van der Waals surface area contributed by atoms with Crippen LogP contribution in [0, 0.1) is 0 Å². The van der Waals surface area contributed by atoms with E-state index in [1.54, 1.807) is 108 Å². The van der Waals surface area contributed by atoms with E-state index < -0.39 is 6.03 Å². The zero-order chi connectivity index (χ0) is 40.1. The predicted octanol–water partition coefficient (Wildman–Crippen LogP) is 10.4. The Labute approximate surface area is 340 Å². The molecule has 17 heteroatoms. The first kappa shape index (κ1) is 39.0. The summed E-state index contributed by atoms with van der Waals surface area (Å²) in [5, 5.41) is 17.3. The van der Waals surface area contributed by atoms with Gasteiger partial charge in [-0.2, -0.15) is 0 Å². The Morgan fingerprint density at radius 1 is 0.667 bits per heavy atom. The molecule has 1 aliphatic rings. The van der Waals surface area contributed by atoms with Gasteiger partial charge in [-0.25, -0.2) is 4.79 Å². The molecule has 0 spiro atoms. The molecule has 3 heterocycles. The first-order valence-electron chi connectivity index (χ1n) is 17.3. The molecule has 4 aromatic carbocycles. The van der Waals surface area contributed by atoms with Gasteiger partial charge in [0.15, 0.2) is 23.0 Å². The number of aromatic nitrogens is 4. The minimum atomic E-state index is -0.449. The number of carbonyl (C=O) groups excluding carboxylic acids is 1. The van der Waals surface area contributed by atoms with Gasteiger partial charge in [0.1, 0.15) is 28.0 Å². The van der Waals surface area contributed by atoms with Gasteiger partial charge in [-0.05, 0) is 61.4 Å². The molecule has 0 radical (unpaired) electrons. The largest absolute Gasteiger partial charge is 0.493 e. The summed E-state index contributed by atoms with van der Waals surface area (Å²) in [4.78, 5) is 21.1. The van der Waals surface area contributed by atoms with Gasteiger partial charge in [0.25, 0.3) is 0 Å². The predicted molar refractivity (Wildman–Crippen MR) is 222 cm³/mol. The summed E-state index contributed by atoms with van der Waals surface area (Å²) >= 11 is 13.8. The highest BCUT2D eigenvalue weighted by molar-refractivity contribution is 7.15. The normalized spacial score (nSPS) is 12.0. The quantitative estimate of drug-likeness (QED) is 0.105. The number of pyridine rings is 2. The fourth-order valence-corrected chi connectivity index (χ4v) is 6.89. The number of urea groups is 1. The molecule has 7 aromatic rings. The van der Waals surface area contributed by atoms with Gasteiger partial charge >= 0.3 is 6.03 Å². The molecule has 8 rings (SSSR count). The highest BCUT2D eigenvalue weighted by atomic mass is 35.5. The Balaban J connectivity index is 0.000000188. The molecule has 14 nitrogen and oxygen atoms in total. The zero-order valence-corrected chi connectivity index (χ0v) is 33.3. The van der Waals surface area contributed by atoms with Gasteiger partial charge in [0.2, 0.25) is 5.13 Å². The van der Waals surface area contributed by atoms with Crippen molar-refractivity contribution >= 4 is 78.9 Å². The number of nitrogens with one attached hydrogen (secondary N) is 2. The summed E-state index contributed by atoms with van der Waals surface area (Å²) in [6.45, 7) is 0. The Kier molecular flexibility index (Phi) is 11.8. The number of ether oxygens (including phenoxy) is 6. The summed E-state index contributed by atoms with van der Waals surface area (Å²) < 4.78 is 33.4. The molecular formula is C40H35Cl2N7O7S. The lowest BCUT2D eigenvalue weighted by atomic mass is 10.2. The fraction of sp³-hybridized carbons (Fsp3) is 0.175. The number of amides is 2. The van der Waals surface area contributed by atoms with Gasteiger partial charge in [-0.15, -0.1) is 10.2 Å². The van der Waals surface area contributed by atoms with Crippen LogP contribution in [0.2, 0.25) is 10.0 Å². The van der Waals surface area contributed by atoms with Crippen LogP contribution >= 0.6 is 34.5 Å². The van der Waals surface area contributed by atoms with Crippen LogP contribution in [-0.2, 0) is 0 Å². The molecule has 0 bridgehead atoms. The summed E-state index contributed by atoms with van der Waals surface area (Å²) in [5.74, 6) is 5.14. The molecule has 57 heavy (non-hydrogen) atoms. The molecule has 3 aromatic heterocycles. The van der Waals surface area contributed by atoms with Crippen LogP contribution in [0.3, 0.4) is 0 Å². The first-order valence-corrected chi connectivity index (χ1v) is 18.9. The van der Waals surface area contributed by atoms with Crippen LogP contribution in [0.25, 0.3) is 21.8 Å². The number of nitrogen functional groups attached to an aromatic ring is 1. The number of hydrogen-bond donors (Lipinski definition) is 3. The van der Waals surface area contributed by atoms with Crippen LogP contribution < -0.4 is 44.8 Å². The summed E-state index contributed by atoms with van der Waals surface area (Å²) in [6.07, 6.45) is 5.57. The molecule has 1 saturated carbocycles. The minimum absolute atomic E-state index is 0.321. The topological polar surface area (TPSA) is 174 Å². The van der Waals surface area contributed by atoms with Crippen molar-refractivity contribution in [2.45, 2.75) is 18.8 Å². The van der Waals surface area contributed by atoms with Gasteiger partial charge in [0.05, 0.1) is 60.9 Å². The van der Waals surface area contributed by atoms with E-state index in [9.17, 15) is 4.79 Å². The van der Waals surface area contributed by atoms with E-state index in [-0.39, 0.29) is 0 Å². The van der Waals surface area contributed by atoms with E-state index in [4.69, 9.17) is 57.4 Å². The third kappa shape index (κ3) is 9.07. The standard InChI is InChI=1S/C23H20ClN5O4S.C17H15ClN2O3/c1-31-19-10-14-17(11-20(19)32-2)25-8-7-18(14)33-13-5-6-16(15(24)9-13)26-22(30)27-23-29-28-21(34-23)12-3-4-12;1-21-16-8-11-14(9-17(16)22-2)20-6-5-15(11)23-10-3-4-13(19)12(18)7-10/h5-12H,3-4H2,1-2H3,(H2,26,27,29,30);3-9H,19H2,1-2H3.